The van der Waals surface area contributed by atoms with Crippen LogP contribution in [-0.4, -0.2) is 25.7 Å². The maximum Gasteiger partial charge on any atom is 0.255 e. The van der Waals surface area contributed by atoms with E-state index in [1.165, 1.54) is 0 Å². The van der Waals surface area contributed by atoms with Gasteiger partial charge in [0.05, 0.1) is 29.2 Å². The van der Waals surface area contributed by atoms with E-state index in [1.807, 2.05) is 30.3 Å². The summed E-state index contributed by atoms with van der Waals surface area (Å²) in [5.41, 5.74) is 15.8. The van der Waals surface area contributed by atoms with Crippen molar-refractivity contribution in [2.45, 2.75) is 13.0 Å². The topological polar surface area (TPSA) is 138 Å². The molecule has 0 radical (unpaired) electrons. The van der Waals surface area contributed by atoms with Gasteiger partial charge in [-0.15, -0.1) is 0 Å². The Kier molecular flexibility index (Phi) is 5.19. The normalized spacial score (nSPS) is 11.0. The Bertz CT molecular complexity index is 1420. The van der Waals surface area contributed by atoms with E-state index in [9.17, 15) is 4.79 Å². The Morgan fingerprint density at radius 2 is 1.82 bits per heavy atom. The van der Waals surface area contributed by atoms with Gasteiger partial charge in [-0.05, 0) is 48.4 Å². The fourth-order valence-corrected chi connectivity index (χ4v) is 3.60. The molecule has 0 fully saturated rings. The molecule has 1 amide bonds. The number of carbonyl (C=O) groups is 1. The van der Waals surface area contributed by atoms with Crippen LogP contribution in [0.15, 0.2) is 77.5 Å². The fourth-order valence-electron chi connectivity index (χ4n) is 3.60. The highest BCUT2D eigenvalue weighted by atomic mass is 16.3. The van der Waals surface area contributed by atoms with E-state index in [1.54, 1.807) is 47.5 Å². The van der Waals surface area contributed by atoms with Crippen LogP contribution in [0.1, 0.15) is 15.9 Å². The molecular formula is C24H21N7O2. The molecule has 33 heavy (non-hydrogen) atoms. The number of para-hydroxylation sites is 2. The number of hydrogen-bond acceptors (Lipinski definition) is 7. The Morgan fingerprint density at radius 3 is 2.58 bits per heavy atom. The maximum absolute atomic E-state index is 12.5. The van der Waals surface area contributed by atoms with E-state index in [0.717, 1.165) is 10.9 Å². The highest BCUT2D eigenvalue weighted by Gasteiger charge is 2.15. The van der Waals surface area contributed by atoms with E-state index < -0.39 is 0 Å². The number of aromatic nitrogens is 4. The molecule has 5 N–H and O–H groups in total. The summed E-state index contributed by atoms with van der Waals surface area (Å²) in [6.45, 7) is 0.587. The number of nitrogens with zero attached hydrogens (tertiary/aromatic N) is 4. The lowest BCUT2D eigenvalue weighted by molar-refractivity contribution is 0.102. The number of amides is 1. The van der Waals surface area contributed by atoms with Crippen LogP contribution >= 0.6 is 0 Å². The van der Waals surface area contributed by atoms with Crippen molar-refractivity contribution in [3.05, 3.63) is 84.3 Å². The van der Waals surface area contributed by atoms with E-state index >= 15 is 0 Å². The van der Waals surface area contributed by atoms with Gasteiger partial charge >= 0.3 is 0 Å². The highest BCUT2D eigenvalue weighted by molar-refractivity contribution is 6.05. The third-order valence-electron chi connectivity index (χ3n) is 5.31. The Balaban J connectivity index is 1.30. The van der Waals surface area contributed by atoms with Crippen molar-refractivity contribution in [2.75, 3.05) is 16.8 Å². The molecule has 0 unspecified atom stereocenters. The van der Waals surface area contributed by atoms with Crippen molar-refractivity contribution >= 4 is 34.3 Å². The molecule has 164 valence electrons. The number of aryl methyl sites for hydroxylation is 2. The molecule has 5 rings (SSSR count). The highest BCUT2D eigenvalue weighted by Crippen LogP contribution is 2.27. The molecule has 0 aliphatic heterocycles. The Labute approximate surface area is 189 Å². The first-order valence-electron chi connectivity index (χ1n) is 10.4. The van der Waals surface area contributed by atoms with Crippen molar-refractivity contribution < 1.29 is 9.21 Å². The van der Waals surface area contributed by atoms with E-state index in [-0.39, 0.29) is 11.9 Å². The Morgan fingerprint density at radius 1 is 1.00 bits per heavy atom. The molecule has 2 aromatic carbocycles. The van der Waals surface area contributed by atoms with Crippen molar-refractivity contribution in [1.29, 1.82) is 0 Å². The van der Waals surface area contributed by atoms with E-state index in [2.05, 4.69) is 20.4 Å². The van der Waals surface area contributed by atoms with Gasteiger partial charge in [0.2, 0.25) is 5.95 Å². The number of nitrogen functional groups attached to an aromatic ring is 2. The van der Waals surface area contributed by atoms with Gasteiger partial charge in [0.1, 0.15) is 5.69 Å². The van der Waals surface area contributed by atoms with Crippen molar-refractivity contribution in [2.24, 2.45) is 0 Å². The summed E-state index contributed by atoms with van der Waals surface area (Å²) in [6, 6.07) is 18.2. The van der Waals surface area contributed by atoms with Crippen molar-refractivity contribution in [1.82, 2.24) is 19.7 Å². The molecule has 0 aliphatic rings. The minimum atomic E-state index is -0.213. The molecular weight excluding hydrogens is 418 g/mol. The zero-order chi connectivity index (χ0) is 22.8. The van der Waals surface area contributed by atoms with Crippen LogP contribution < -0.4 is 16.8 Å². The van der Waals surface area contributed by atoms with Crippen LogP contribution in [0.25, 0.3) is 22.5 Å². The van der Waals surface area contributed by atoms with Crippen LogP contribution in [0.4, 0.5) is 17.3 Å². The molecule has 0 saturated heterocycles. The monoisotopic (exact) mass is 439 g/mol. The van der Waals surface area contributed by atoms with Gasteiger partial charge in [-0.25, -0.2) is 9.67 Å². The number of fused-ring (bicyclic) bond motifs is 1. The first-order valence-corrected chi connectivity index (χ1v) is 10.4. The molecule has 9 heteroatoms. The average Bonchev–Trinajstić information content (AvgIpc) is 3.49. The summed E-state index contributed by atoms with van der Waals surface area (Å²) in [6.07, 6.45) is 4.00. The molecule has 9 nitrogen and oxygen atoms in total. The largest absolute Gasteiger partial charge is 0.463 e. The quantitative estimate of drug-likeness (QED) is 0.343. The zero-order valence-corrected chi connectivity index (χ0v) is 17.6. The number of benzene rings is 2. The Hall–Kier alpha value is -4.66. The summed E-state index contributed by atoms with van der Waals surface area (Å²) < 4.78 is 7.26. The molecule has 0 aliphatic carbocycles. The number of anilines is 3. The van der Waals surface area contributed by atoms with Crippen LogP contribution in [0.2, 0.25) is 0 Å². The third kappa shape index (κ3) is 4.11. The summed E-state index contributed by atoms with van der Waals surface area (Å²) in [4.78, 5) is 21.2. The van der Waals surface area contributed by atoms with Crippen LogP contribution in [0.3, 0.4) is 0 Å². The molecule has 3 aromatic heterocycles. The lowest BCUT2D eigenvalue weighted by Crippen LogP contribution is -2.13. The van der Waals surface area contributed by atoms with Crippen LogP contribution in [-0.2, 0) is 13.0 Å². The van der Waals surface area contributed by atoms with E-state index in [4.69, 9.17) is 15.9 Å². The number of furan rings is 1. The summed E-state index contributed by atoms with van der Waals surface area (Å²) in [5.74, 6) is 0.556. The van der Waals surface area contributed by atoms with Crippen molar-refractivity contribution in [3.8, 4) is 11.5 Å². The first kappa shape index (κ1) is 20.3. The van der Waals surface area contributed by atoms with Gasteiger partial charge in [-0.3, -0.25) is 4.79 Å². The number of nitrogens with two attached hydrogens (primary N) is 2. The first-order chi connectivity index (χ1) is 16.1. The van der Waals surface area contributed by atoms with Crippen LogP contribution in [0.5, 0.6) is 0 Å². The number of rotatable bonds is 6. The summed E-state index contributed by atoms with van der Waals surface area (Å²) in [7, 11) is 0. The predicted molar refractivity (Wildman–Crippen MR) is 126 cm³/mol. The molecule has 0 bridgehead atoms. The number of hydrogen-bond donors (Lipinski definition) is 3. The summed E-state index contributed by atoms with van der Waals surface area (Å²) >= 11 is 0. The van der Waals surface area contributed by atoms with Gasteiger partial charge in [0.25, 0.3) is 5.91 Å². The van der Waals surface area contributed by atoms with Gasteiger partial charge in [0, 0.05) is 12.1 Å². The van der Waals surface area contributed by atoms with Crippen molar-refractivity contribution in [3.63, 3.8) is 0 Å². The lowest BCUT2D eigenvalue weighted by atomic mass is 10.1. The standard InChI is InChI=1S/C24H21N7O2/c25-18-4-1-2-5-19(18)28-23(32)16-9-7-15(8-10-16)11-12-31-22-17(14-27-31)21(29-24(26)30-22)20-6-3-13-33-20/h1-10,13-14H,11-12,25H2,(H,28,32)(H2,26,29,30). The van der Waals surface area contributed by atoms with Gasteiger partial charge in [-0.1, -0.05) is 24.3 Å². The average molecular weight is 439 g/mol. The fraction of sp³-hybridized carbons (Fsp3) is 0.0833. The predicted octanol–water partition coefficient (Wildman–Crippen LogP) is 3.75. The van der Waals surface area contributed by atoms with Crippen LogP contribution in [0, 0.1) is 0 Å². The second-order valence-electron chi connectivity index (χ2n) is 7.50. The number of carbonyl (C=O) groups excluding carboxylic acids is 1. The lowest BCUT2D eigenvalue weighted by Gasteiger charge is -2.09. The zero-order valence-electron chi connectivity index (χ0n) is 17.6. The van der Waals surface area contributed by atoms with E-state index in [0.29, 0.717) is 47.0 Å². The minimum Gasteiger partial charge on any atom is -0.463 e. The third-order valence-corrected chi connectivity index (χ3v) is 5.31. The van der Waals surface area contributed by atoms with Gasteiger partial charge < -0.3 is 21.2 Å². The second kappa shape index (κ2) is 8.46. The molecule has 0 saturated carbocycles. The SMILES string of the molecule is Nc1nc(-c2ccco2)c2cnn(CCc3ccc(C(=O)Nc4ccccc4N)cc3)c2n1. The number of nitrogens with one attached hydrogen (secondary N) is 1. The minimum absolute atomic E-state index is 0.157. The van der Waals surface area contributed by atoms with Gasteiger partial charge in [-0.2, -0.15) is 10.1 Å². The maximum atomic E-state index is 12.5. The molecule has 5 aromatic rings. The second-order valence-corrected chi connectivity index (χ2v) is 7.50. The van der Waals surface area contributed by atoms with Gasteiger partial charge in [0.15, 0.2) is 11.4 Å². The summed E-state index contributed by atoms with van der Waals surface area (Å²) in [5, 5.41) is 8.06. The molecule has 3 heterocycles. The molecule has 0 spiro atoms. The molecule has 0 atom stereocenters. The smallest absolute Gasteiger partial charge is 0.255 e.